The molecule has 2 aromatic carbocycles. The number of nitrogen functional groups attached to an aromatic ring is 1. The summed E-state index contributed by atoms with van der Waals surface area (Å²) in [6, 6.07) is 8.33. The Morgan fingerprint density at radius 1 is 1.16 bits per heavy atom. The molecule has 0 heterocycles. The minimum atomic E-state index is -0.426. The lowest BCUT2D eigenvalue weighted by molar-refractivity contribution is 0.304. The predicted octanol–water partition coefficient (Wildman–Crippen LogP) is 4.26. The van der Waals surface area contributed by atoms with E-state index in [-0.39, 0.29) is 5.02 Å². The number of anilines is 1. The van der Waals surface area contributed by atoms with Crippen molar-refractivity contribution in [3.05, 3.63) is 57.9 Å². The van der Waals surface area contributed by atoms with Crippen molar-refractivity contribution in [2.45, 2.75) is 20.5 Å². The van der Waals surface area contributed by atoms with Gasteiger partial charge in [-0.2, -0.15) is 0 Å². The number of hydrogen-bond acceptors (Lipinski definition) is 2. The quantitative estimate of drug-likeness (QED) is 0.852. The SMILES string of the molecule is Cc1cc(OCc2ccc(F)c(Cl)c2)c(C)cc1N. The van der Waals surface area contributed by atoms with E-state index in [0.29, 0.717) is 6.61 Å². The summed E-state index contributed by atoms with van der Waals surface area (Å²) in [5.74, 6) is 0.345. The summed E-state index contributed by atoms with van der Waals surface area (Å²) in [6.45, 7) is 4.20. The second-order valence-electron chi connectivity index (χ2n) is 4.51. The van der Waals surface area contributed by atoms with Crippen LogP contribution in [0.1, 0.15) is 16.7 Å². The van der Waals surface area contributed by atoms with Gasteiger partial charge in [0, 0.05) is 5.69 Å². The van der Waals surface area contributed by atoms with Crippen molar-refractivity contribution in [2.75, 3.05) is 5.73 Å². The fraction of sp³-hybridized carbons (Fsp3) is 0.200. The molecule has 2 rings (SSSR count). The van der Waals surface area contributed by atoms with Crippen molar-refractivity contribution < 1.29 is 9.13 Å². The molecule has 0 fully saturated rings. The monoisotopic (exact) mass is 279 g/mol. The molecule has 0 bridgehead atoms. The molecule has 2 N–H and O–H groups in total. The van der Waals surface area contributed by atoms with Crippen LogP contribution in [0.25, 0.3) is 0 Å². The first-order valence-corrected chi connectivity index (χ1v) is 6.28. The Morgan fingerprint density at radius 3 is 2.58 bits per heavy atom. The van der Waals surface area contributed by atoms with Gasteiger partial charge in [0.15, 0.2) is 0 Å². The molecule has 0 amide bonds. The molecule has 2 aromatic rings. The van der Waals surface area contributed by atoms with E-state index in [1.807, 2.05) is 26.0 Å². The van der Waals surface area contributed by atoms with Gasteiger partial charge in [-0.05, 0) is 54.8 Å². The maximum Gasteiger partial charge on any atom is 0.141 e. The van der Waals surface area contributed by atoms with E-state index in [9.17, 15) is 4.39 Å². The average molecular weight is 280 g/mol. The average Bonchev–Trinajstić information content (AvgIpc) is 2.36. The summed E-state index contributed by atoms with van der Waals surface area (Å²) < 4.78 is 18.8. The third-order valence-corrected chi connectivity index (χ3v) is 3.23. The van der Waals surface area contributed by atoms with E-state index in [2.05, 4.69) is 0 Å². The maximum atomic E-state index is 13.0. The standard InChI is InChI=1S/C15H15ClFNO/c1-9-6-15(10(2)5-14(9)18)19-8-11-3-4-13(17)12(16)7-11/h3-7H,8,18H2,1-2H3. The number of nitrogens with two attached hydrogens (primary N) is 1. The Morgan fingerprint density at radius 2 is 1.89 bits per heavy atom. The summed E-state index contributed by atoms with van der Waals surface area (Å²) in [5.41, 5.74) is 9.32. The third kappa shape index (κ3) is 3.18. The minimum Gasteiger partial charge on any atom is -0.489 e. The van der Waals surface area contributed by atoms with Crippen molar-refractivity contribution in [2.24, 2.45) is 0 Å². The van der Waals surface area contributed by atoms with Crippen molar-refractivity contribution >= 4 is 17.3 Å². The maximum absolute atomic E-state index is 13.0. The van der Waals surface area contributed by atoms with Gasteiger partial charge < -0.3 is 10.5 Å². The Hall–Kier alpha value is -1.74. The summed E-state index contributed by atoms with van der Waals surface area (Å²) in [6.07, 6.45) is 0. The predicted molar refractivity (Wildman–Crippen MR) is 76.1 cm³/mol. The van der Waals surface area contributed by atoms with Gasteiger partial charge in [-0.3, -0.25) is 0 Å². The molecule has 0 spiro atoms. The fourth-order valence-corrected chi connectivity index (χ4v) is 1.96. The van der Waals surface area contributed by atoms with E-state index in [4.69, 9.17) is 22.1 Å². The minimum absolute atomic E-state index is 0.103. The molecule has 0 unspecified atom stereocenters. The molecule has 0 aromatic heterocycles. The molecule has 0 saturated carbocycles. The van der Waals surface area contributed by atoms with Crippen molar-refractivity contribution in [3.63, 3.8) is 0 Å². The van der Waals surface area contributed by atoms with E-state index in [1.165, 1.54) is 6.07 Å². The number of benzene rings is 2. The van der Waals surface area contributed by atoms with Crippen LogP contribution in [-0.2, 0) is 6.61 Å². The normalized spacial score (nSPS) is 10.5. The van der Waals surface area contributed by atoms with Gasteiger partial charge in [-0.25, -0.2) is 4.39 Å². The summed E-state index contributed by atoms with van der Waals surface area (Å²) >= 11 is 5.73. The molecular weight excluding hydrogens is 265 g/mol. The summed E-state index contributed by atoms with van der Waals surface area (Å²) in [4.78, 5) is 0. The fourth-order valence-electron chi connectivity index (χ4n) is 1.76. The zero-order valence-electron chi connectivity index (χ0n) is 10.8. The Bertz CT molecular complexity index is 613. The van der Waals surface area contributed by atoms with E-state index < -0.39 is 5.82 Å². The molecule has 0 saturated heterocycles. The second kappa shape index (κ2) is 5.49. The van der Waals surface area contributed by atoms with Crippen LogP contribution in [0.15, 0.2) is 30.3 Å². The number of halogens is 2. The van der Waals surface area contributed by atoms with Crippen LogP contribution in [0.3, 0.4) is 0 Å². The largest absolute Gasteiger partial charge is 0.489 e. The highest BCUT2D eigenvalue weighted by molar-refractivity contribution is 6.30. The highest BCUT2D eigenvalue weighted by Gasteiger charge is 2.05. The molecule has 0 aliphatic heterocycles. The Kier molecular flexibility index (Phi) is 3.96. The Balaban J connectivity index is 2.14. The van der Waals surface area contributed by atoms with E-state index in [1.54, 1.807) is 12.1 Å². The second-order valence-corrected chi connectivity index (χ2v) is 4.92. The third-order valence-electron chi connectivity index (χ3n) is 2.94. The summed E-state index contributed by atoms with van der Waals surface area (Å²) in [7, 11) is 0. The first-order chi connectivity index (χ1) is 8.97. The van der Waals surface area contributed by atoms with Gasteiger partial charge in [0.05, 0.1) is 5.02 Å². The zero-order valence-corrected chi connectivity index (χ0v) is 11.6. The molecular formula is C15H15ClFNO. The van der Waals surface area contributed by atoms with Crippen LogP contribution in [0, 0.1) is 19.7 Å². The molecule has 2 nitrogen and oxygen atoms in total. The van der Waals surface area contributed by atoms with Crippen molar-refractivity contribution in [1.29, 1.82) is 0 Å². The van der Waals surface area contributed by atoms with Crippen LogP contribution < -0.4 is 10.5 Å². The lowest BCUT2D eigenvalue weighted by atomic mass is 10.1. The molecule has 0 aliphatic carbocycles. The van der Waals surface area contributed by atoms with E-state index in [0.717, 1.165) is 28.1 Å². The van der Waals surface area contributed by atoms with Crippen LogP contribution in [0.5, 0.6) is 5.75 Å². The van der Waals surface area contributed by atoms with Gasteiger partial charge in [-0.1, -0.05) is 17.7 Å². The van der Waals surface area contributed by atoms with Gasteiger partial charge in [0.25, 0.3) is 0 Å². The first-order valence-electron chi connectivity index (χ1n) is 5.91. The number of aryl methyl sites for hydroxylation is 2. The van der Waals surface area contributed by atoms with Crippen molar-refractivity contribution in [3.8, 4) is 5.75 Å². The number of rotatable bonds is 3. The van der Waals surface area contributed by atoms with Gasteiger partial charge in [-0.15, -0.1) is 0 Å². The van der Waals surface area contributed by atoms with Crippen LogP contribution in [0.4, 0.5) is 10.1 Å². The molecule has 19 heavy (non-hydrogen) atoms. The molecule has 4 heteroatoms. The molecule has 100 valence electrons. The van der Waals surface area contributed by atoms with Crippen LogP contribution in [0.2, 0.25) is 5.02 Å². The highest BCUT2D eigenvalue weighted by Crippen LogP contribution is 2.25. The topological polar surface area (TPSA) is 35.2 Å². The van der Waals surface area contributed by atoms with Crippen molar-refractivity contribution in [1.82, 2.24) is 0 Å². The molecule has 0 aliphatic rings. The Labute approximate surface area is 117 Å². The zero-order chi connectivity index (χ0) is 14.0. The number of hydrogen-bond donors (Lipinski definition) is 1. The van der Waals surface area contributed by atoms with Gasteiger partial charge in [0.2, 0.25) is 0 Å². The number of ether oxygens (including phenoxy) is 1. The molecule has 0 radical (unpaired) electrons. The van der Waals surface area contributed by atoms with Gasteiger partial charge in [0.1, 0.15) is 18.2 Å². The van der Waals surface area contributed by atoms with Crippen LogP contribution in [-0.4, -0.2) is 0 Å². The smallest absolute Gasteiger partial charge is 0.141 e. The van der Waals surface area contributed by atoms with Crippen LogP contribution >= 0.6 is 11.6 Å². The first kappa shape index (κ1) is 13.7. The van der Waals surface area contributed by atoms with E-state index >= 15 is 0 Å². The lowest BCUT2D eigenvalue weighted by Crippen LogP contribution is -1.99. The molecule has 0 atom stereocenters. The lowest BCUT2D eigenvalue weighted by Gasteiger charge is -2.12. The summed E-state index contributed by atoms with van der Waals surface area (Å²) in [5, 5.41) is 0.103. The highest BCUT2D eigenvalue weighted by atomic mass is 35.5. The van der Waals surface area contributed by atoms with Gasteiger partial charge >= 0.3 is 0 Å².